The van der Waals surface area contributed by atoms with Crippen molar-refractivity contribution >= 4 is 41.2 Å². The van der Waals surface area contributed by atoms with Gasteiger partial charge in [-0.05, 0) is 6.92 Å². The molecule has 1 saturated heterocycles. The van der Waals surface area contributed by atoms with Crippen LogP contribution in [-0.4, -0.2) is 100.0 Å². The Labute approximate surface area is 277 Å². The minimum Gasteiger partial charge on any atom is -0.507 e. The zero-order valence-corrected chi connectivity index (χ0v) is 26.8. The Kier molecular flexibility index (Phi) is 9.33. The van der Waals surface area contributed by atoms with Crippen LogP contribution in [0.1, 0.15) is 83.2 Å². The van der Waals surface area contributed by atoms with Crippen LogP contribution in [0.3, 0.4) is 0 Å². The molecule has 7 atom stereocenters. The first kappa shape index (κ1) is 35.1. The molecule has 3 N–H and O–H groups in total. The Morgan fingerprint density at radius 1 is 0.796 bits per heavy atom. The van der Waals surface area contributed by atoms with Gasteiger partial charge in [0.1, 0.15) is 17.1 Å². The molecule has 2 aliphatic carbocycles. The van der Waals surface area contributed by atoms with Crippen LogP contribution in [0.5, 0.6) is 11.5 Å². The van der Waals surface area contributed by atoms with Crippen molar-refractivity contribution in [2.24, 2.45) is 0 Å². The zero-order valence-electron chi connectivity index (χ0n) is 26.8. The van der Waals surface area contributed by atoms with Gasteiger partial charge in [-0.25, -0.2) is 4.79 Å². The number of ether oxygens (including phenoxy) is 6. The van der Waals surface area contributed by atoms with Crippen LogP contribution in [0.2, 0.25) is 0 Å². The van der Waals surface area contributed by atoms with Crippen molar-refractivity contribution in [2.75, 3.05) is 7.11 Å². The quantitative estimate of drug-likeness (QED) is 0.178. The molecule has 0 spiro atoms. The maximum absolute atomic E-state index is 13.6. The zero-order chi connectivity index (χ0) is 36.1. The molecule has 5 rings (SSSR count). The summed E-state index contributed by atoms with van der Waals surface area (Å²) in [4.78, 5) is 89.4. The second-order valence-electron chi connectivity index (χ2n) is 11.8. The number of fused-ring (bicyclic) bond motifs is 3. The van der Waals surface area contributed by atoms with E-state index in [0.29, 0.717) is 0 Å². The van der Waals surface area contributed by atoms with Crippen LogP contribution >= 0.6 is 0 Å². The van der Waals surface area contributed by atoms with Gasteiger partial charge in [-0.1, -0.05) is 24.3 Å². The molecule has 1 heterocycles. The van der Waals surface area contributed by atoms with Crippen LogP contribution in [-0.2, 0) is 58.8 Å². The highest BCUT2D eigenvalue weighted by atomic mass is 16.7. The smallest absolute Gasteiger partial charge is 0.339 e. The summed E-state index contributed by atoms with van der Waals surface area (Å²) >= 11 is 0. The van der Waals surface area contributed by atoms with Gasteiger partial charge < -0.3 is 43.7 Å². The van der Waals surface area contributed by atoms with Crippen LogP contribution in [0, 0.1) is 0 Å². The Balaban J connectivity index is 1.69. The van der Waals surface area contributed by atoms with E-state index in [2.05, 4.69) is 0 Å². The summed E-state index contributed by atoms with van der Waals surface area (Å²) in [7, 11) is 0.982. The number of phenols is 2. The van der Waals surface area contributed by atoms with Gasteiger partial charge in [-0.2, -0.15) is 0 Å². The third-order valence-electron chi connectivity index (χ3n) is 8.56. The molecule has 16 heteroatoms. The minimum absolute atomic E-state index is 0.0485. The molecule has 2 aromatic carbocycles. The molecule has 3 aliphatic rings. The maximum Gasteiger partial charge on any atom is 0.339 e. The first-order chi connectivity index (χ1) is 23.0. The van der Waals surface area contributed by atoms with E-state index in [-0.39, 0.29) is 22.3 Å². The van der Waals surface area contributed by atoms with Gasteiger partial charge in [-0.3, -0.25) is 28.8 Å². The topological polar surface area (TPSA) is 236 Å². The van der Waals surface area contributed by atoms with Crippen molar-refractivity contribution in [3.8, 4) is 11.5 Å². The van der Waals surface area contributed by atoms with Gasteiger partial charge in [0.25, 0.3) is 0 Å². The fraction of sp³-hybridized carbons (Fsp3) is 0.424. The molecular weight excluding hydrogens is 652 g/mol. The summed E-state index contributed by atoms with van der Waals surface area (Å²) in [6.07, 6.45) is -12.1. The van der Waals surface area contributed by atoms with Crippen LogP contribution in [0.4, 0.5) is 0 Å². The number of Topliss-reactive ketones (excluding diaryl/α,β-unsaturated/α-hetero) is 1. The van der Waals surface area contributed by atoms with Gasteiger partial charge in [0.15, 0.2) is 41.8 Å². The highest BCUT2D eigenvalue weighted by Gasteiger charge is 2.57. The molecule has 0 radical (unpaired) electrons. The minimum atomic E-state index is -2.29. The number of hydrogen-bond donors (Lipinski definition) is 3. The SMILES string of the molecule is COC(=O)[C@H]1O[C@@H](O[C@@H]2C[C@@](O)(C(C)=O)Cc3c(O)c4c(c(O)c32)C(=O)c2ccccc2C4=O)[C@H](OC(C)=O)[C@@H](OC(C)=O)[C@@H]1OC(C)=O. The number of methoxy groups -OCH3 is 1. The van der Waals surface area contributed by atoms with Crippen molar-refractivity contribution in [3.63, 3.8) is 0 Å². The number of aliphatic hydroxyl groups is 1. The lowest BCUT2D eigenvalue weighted by Gasteiger charge is -2.45. The van der Waals surface area contributed by atoms with Crippen molar-refractivity contribution in [1.29, 1.82) is 0 Å². The standard InChI is InChI=1S/C33H32O16/c1-12(34)33(43)10-18-20(26(41)22-21(25(18)40)23(38)16-8-6-7-9-17(16)24(22)39)19(11-33)48-32-30(47-15(4)37)28(46-14(3)36)27(45-13(2)35)29(49-32)31(42)44-5/h6-9,19,27-30,32,40-41,43H,10-11H2,1-5H3/t19-,27+,28+,29+,30-,32-,33-/m1/s1. The Hall–Kier alpha value is -5.19. The highest BCUT2D eigenvalue weighted by Crippen LogP contribution is 2.52. The Morgan fingerprint density at radius 2 is 1.31 bits per heavy atom. The number of carbonyl (C=O) groups excluding carboxylic acids is 7. The predicted molar refractivity (Wildman–Crippen MR) is 158 cm³/mol. The van der Waals surface area contributed by atoms with Crippen molar-refractivity contribution < 1.29 is 77.3 Å². The van der Waals surface area contributed by atoms with E-state index >= 15 is 0 Å². The van der Waals surface area contributed by atoms with E-state index in [1.54, 1.807) is 0 Å². The van der Waals surface area contributed by atoms with Gasteiger partial charge in [0.05, 0.1) is 24.3 Å². The Morgan fingerprint density at radius 3 is 1.82 bits per heavy atom. The molecular formula is C33H32O16. The first-order valence-electron chi connectivity index (χ1n) is 14.9. The van der Waals surface area contributed by atoms with Gasteiger partial charge in [-0.15, -0.1) is 0 Å². The number of benzene rings is 2. The first-order valence-corrected chi connectivity index (χ1v) is 14.9. The van der Waals surface area contributed by atoms with Crippen LogP contribution in [0.15, 0.2) is 24.3 Å². The number of aromatic hydroxyl groups is 2. The molecule has 260 valence electrons. The number of hydrogen-bond acceptors (Lipinski definition) is 16. The molecule has 0 aromatic heterocycles. The highest BCUT2D eigenvalue weighted by molar-refractivity contribution is 6.30. The largest absolute Gasteiger partial charge is 0.507 e. The second-order valence-corrected chi connectivity index (χ2v) is 11.8. The summed E-state index contributed by atoms with van der Waals surface area (Å²) in [5.41, 5.74) is -4.16. The third-order valence-corrected chi connectivity index (χ3v) is 8.56. The Bertz CT molecular complexity index is 1790. The van der Waals surface area contributed by atoms with Crippen molar-refractivity contribution in [2.45, 2.75) is 82.9 Å². The molecule has 1 fully saturated rings. The number of esters is 4. The predicted octanol–water partition coefficient (Wildman–Crippen LogP) is 0.890. The van der Waals surface area contributed by atoms with Gasteiger partial charge in [0.2, 0.25) is 6.29 Å². The molecule has 1 aliphatic heterocycles. The van der Waals surface area contributed by atoms with E-state index in [0.717, 1.165) is 34.8 Å². The molecule has 0 bridgehead atoms. The van der Waals surface area contributed by atoms with E-state index in [9.17, 15) is 48.9 Å². The fourth-order valence-corrected chi connectivity index (χ4v) is 6.42. The lowest BCUT2D eigenvalue weighted by molar-refractivity contribution is -0.314. The molecule has 0 amide bonds. The van der Waals surface area contributed by atoms with Crippen molar-refractivity contribution in [1.82, 2.24) is 0 Å². The normalized spacial score (nSPS) is 27.1. The van der Waals surface area contributed by atoms with Crippen molar-refractivity contribution in [3.05, 3.63) is 57.6 Å². The number of rotatable bonds is 7. The summed E-state index contributed by atoms with van der Waals surface area (Å²) in [6.45, 7) is 4.01. The number of phenolic OH excluding ortho intramolecular Hbond substituents is 2. The molecule has 49 heavy (non-hydrogen) atoms. The van der Waals surface area contributed by atoms with E-state index in [1.807, 2.05) is 0 Å². The average Bonchev–Trinajstić information content (AvgIpc) is 3.02. The second kappa shape index (κ2) is 13.0. The molecule has 0 unspecified atom stereocenters. The lowest BCUT2D eigenvalue weighted by atomic mass is 9.72. The monoisotopic (exact) mass is 684 g/mol. The molecule has 16 nitrogen and oxygen atoms in total. The fourth-order valence-electron chi connectivity index (χ4n) is 6.42. The average molecular weight is 685 g/mol. The van der Waals surface area contributed by atoms with Gasteiger partial charge >= 0.3 is 23.9 Å². The molecule has 2 aromatic rings. The lowest BCUT2D eigenvalue weighted by Crippen LogP contribution is -2.64. The van der Waals surface area contributed by atoms with E-state index < -0.39 is 119 Å². The van der Waals surface area contributed by atoms with Gasteiger partial charge in [0, 0.05) is 55.9 Å². The summed E-state index contributed by atoms with van der Waals surface area (Å²) in [6, 6.07) is 5.72. The summed E-state index contributed by atoms with van der Waals surface area (Å²) in [5, 5.41) is 34.7. The van der Waals surface area contributed by atoms with E-state index in [1.165, 1.54) is 24.3 Å². The van der Waals surface area contributed by atoms with Crippen LogP contribution < -0.4 is 0 Å². The van der Waals surface area contributed by atoms with E-state index in [4.69, 9.17) is 28.4 Å². The number of carbonyl (C=O) groups is 7. The number of ketones is 3. The van der Waals surface area contributed by atoms with Crippen LogP contribution in [0.25, 0.3) is 0 Å². The third kappa shape index (κ3) is 6.13. The molecule has 0 saturated carbocycles. The maximum atomic E-state index is 13.6. The summed E-state index contributed by atoms with van der Waals surface area (Å²) in [5.74, 6) is -8.06. The summed E-state index contributed by atoms with van der Waals surface area (Å²) < 4.78 is 32.7.